The number of aryl methyl sites for hydroxylation is 1. The van der Waals surface area contributed by atoms with E-state index in [0.717, 1.165) is 5.56 Å². The van der Waals surface area contributed by atoms with Gasteiger partial charge in [-0.25, -0.2) is 0 Å². The number of Topliss-reactive ketones (excluding diaryl/α,β-unsaturated/α-hetero) is 1. The number of rotatable bonds is 15. The Labute approximate surface area is 222 Å². The SMILES string of the molecule is COC(=O)CNC(=O)C(Cc1ccc(OC(=O)CCCC(C)=O)cc1)NC(=O)CCc1ccc(OC)cc1. The lowest BCUT2D eigenvalue weighted by molar-refractivity contribution is -0.141. The standard InChI is InChI=1S/C28H34N2O8/c1-19(31)5-4-6-26(33)38-23-14-9-21(10-15-23)17-24(28(35)29-18-27(34)37-3)30-25(32)16-11-20-7-12-22(36-2)13-8-20/h7-10,12-15,24H,4-6,11,16-18H2,1-3H3,(H,29,35)(H,30,32). The Balaban J connectivity index is 1.98. The smallest absolute Gasteiger partial charge is 0.325 e. The van der Waals surface area contributed by atoms with E-state index in [9.17, 15) is 24.0 Å². The molecule has 0 spiro atoms. The van der Waals surface area contributed by atoms with Gasteiger partial charge in [-0.05, 0) is 55.2 Å². The fourth-order valence-corrected chi connectivity index (χ4v) is 3.47. The number of carbonyl (C=O) groups excluding carboxylic acids is 5. The van der Waals surface area contributed by atoms with E-state index in [1.54, 1.807) is 31.4 Å². The molecule has 38 heavy (non-hydrogen) atoms. The third kappa shape index (κ3) is 11.2. The lowest BCUT2D eigenvalue weighted by Gasteiger charge is -2.19. The first-order chi connectivity index (χ1) is 18.2. The van der Waals surface area contributed by atoms with Crippen molar-refractivity contribution in [3.63, 3.8) is 0 Å². The minimum Gasteiger partial charge on any atom is -0.497 e. The van der Waals surface area contributed by atoms with Crippen LogP contribution in [0.4, 0.5) is 0 Å². The van der Waals surface area contributed by atoms with Crippen molar-refractivity contribution >= 4 is 29.5 Å². The van der Waals surface area contributed by atoms with Crippen LogP contribution < -0.4 is 20.1 Å². The van der Waals surface area contributed by atoms with Gasteiger partial charge in [0.2, 0.25) is 11.8 Å². The van der Waals surface area contributed by atoms with Gasteiger partial charge in [0.1, 0.15) is 29.9 Å². The molecule has 10 nitrogen and oxygen atoms in total. The predicted molar refractivity (Wildman–Crippen MR) is 139 cm³/mol. The van der Waals surface area contributed by atoms with Crippen LogP contribution in [0.15, 0.2) is 48.5 Å². The molecule has 0 aromatic heterocycles. The van der Waals surface area contributed by atoms with Gasteiger partial charge in [-0.2, -0.15) is 0 Å². The number of ether oxygens (including phenoxy) is 3. The number of hydrogen-bond donors (Lipinski definition) is 2. The maximum absolute atomic E-state index is 12.8. The van der Waals surface area contributed by atoms with Crippen molar-refractivity contribution in [3.05, 3.63) is 59.7 Å². The van der Waals surface area contributed by atoms with E-state index >= 15 is 0 Å². The Morgan fingerprint density at radius 1 is 0.789 bits per heavy atom. The summed E-state index contributed by atoms with van der Waals surface area (Å²) >= 11 is 0. The van der Waals surface area contributed by atoms with E-state index in [4.69, 9.17) is 9.47 Å². The topological polar surface area (TPSA) is 137 Å². The molecule has 2 rings (SSSR count). The summed E-state index contributed by atoms with van der Waals surface area (Å²) in [4.78, 5) is 59.8. The average Bonchev–Trinajstić information content (AvgIpc) is 2.91. The highest BCUT2D eigenvalue weighted by molar-refractivity contribution is 5.90. The summed E-state index contributed by atoms with van der Waals surface area (Å²) in [5.41, 5.74) is 1.65. The number of benzene rings is 2. The van der Waals surface area contributed by atoms with Crippen LogP contribution in [0.25, 0.3) is 0 Å². The average molecular weight is 527 g/mol. The number of ketones is 1. The molecule has 0 saturated heterocycles. The normalized spacial score (nSPS) is 11.1. The number of amides is 2. The summed E-state index contributed by atoms with van der Waals surface area (Å²) in [5.74, 6) is -0.851. The zero-order valence-corrected chi connectivity index (χ0v) is 21.9. The lowest BCUT2D eigenvalue weighted by atomic mass is 10.0. The summed E-state index contributed by atoms with van der Waals surface area (Å²) in [6.45, 7) is 1.14. The first-order valence-electron chi connectivity index (χ1n) is 12.3. The van der Waals surface area contributed by atoms with E-state index < -0.39 is 23.9 Å². The second-order valence-electron chi connectivity index (χ2n) is 8.64. The fourth-order valence-electron chi connectivity index (χ4n) is 3.47. The van der Waals surface area contributed by atoms with E-state index in [-0.39, 0.29) is 37.5 Å². The number of methoxy groups -OCH3 is 2. The second kappa shape index (κ2) is 15.8. The Bertz CT molecular complexity index is 1100. The van der Waals surface area contributed by atoms with Crippen molar-refractivity contribution in [1.29, 1.82) is 0 Å². The van der Waals surface area contributed by atoms with E-state index in [1.165, 1.54) is 14.0 Å². The molecule has 0 fully saturated rings. The number of hydrogen-bond acceptors (Lipinski definition) is 8. The first-order valence-corrected chi connectivity index (χ1v) is 12.3. The molecular formula is C28H34N2O8. The van der Waals surface area contributed by atoms with E-state index in [1.807, 2.05) is 24.3 Å². The van der Waals surface area contributed by atoms with Crippen molar-refractivity contribution in [3.8, 4) is 11.5 Å². The molecule has 10 heteroatoms. The van der Waals surface area contributed by atoms with Gasteiger partial charge >= 0.3 is 11.9 Å². The predicted octanol–water partition coefficient (Wildman–Crippen LogP) is 2.31. The van der Waals surface area contributed by atoms with Gasteiger partial charge in [-0.15, -0.1) is 0 Å². The van der Waals surface area contributed by atoms with E-state index in [2.05, 4.69) is 15.4 Å². The largest absolute Gasteiger partial charge is 0.497 e. The third-order valence-corrected chi connectivity index (χ3v) is 5.59. The molecule has 204 valence electrons. The zero-order chi connectivity index (χ0) is 27.9. The highest BCUT2D eigenvalue weighted by Crippen LogP contribution is 2.16. The van der Waals surface area contributed by atoms with Crippen molar-refractivity contribution in [2.45, 2.75) is 51.5 Å². The van der Waals surface area contributed by atoms with E-state index in [0.29, 0.717) is 36.3 Å². The molecule has 0 radical (unpaired) electrons. The summed E-state index contributed by atoms with van der Waals surface area (Å²) in [6, 6.07) is 13.0. The highest BCUT2D eigenvalue weighted by Gasteiger charge is 2.22. The van der Waals surface area contributed by atoms with Crippen LogP contribution in [-0.2, 0) is 41.6 Å². The number of esters is 2. The monoisotopic (exact) mass is 526 g/mol. The molecule has 0 aliphatic carbocycles. The van der Waals surface area contributed by atoms with Crippen molar-refractivity contribution in [1.82, 2.24) is 10.6 Å². The maximum Gasteiger partial charge on any atom is 0.325 e. The van der Waals surface area contributed by atoms with Crippen LogP contribution in [0.1, 0.15) is 43.7 Å². The number of carbonyl (C=O) groups is 5. The Kier molecular flexibility index (Phi) is 12.5. The molecule has 0 aliphatic heterocycles. The molecule has 1 unspecified atom stereocenters. The summed E-state index contributed by atoms with van der Waals surface area (Å²) in [6.07, 6.45) is 1.65. The molecule has 0 bridgehead atoms. The Morgan fingerprint density at radius 2 is 1.42 bits per heavy atom. The molecule has 2 amide bonds. The van der Waals surface area contributed by atoms with Crippen LogP contribution in [0.2, 0.25) is 0 Å². The fraction of sp³-hybridized carbons (Fsp3) is 0.393. The molecule has 2 N–H and O–H groups in total. The van der Waals surface area contributed by atoms with Gasteiger partial charge in [-0.1, -0.05) is 24.3 Å². The van der Waals surface area contributed by atoms with Crippen LogP contribution in [0.5, 0.6) is 11.5 Å². The van der Waals surface area contributed by atoms with Crippen LogP contribution in [0, 0.1) is 0 Å². The quantitative estimate of drug-likeness (QED) is 0.266. The molecular weight excluding hydrogens is 492 g/mol. The van der Waals surface area contributed by atoms with Crippen molar-refractivity contribution in [2.24, 2.45) is 0 Å². The van der Waals surface area contributed by atoms with Crippen molar-refractivity contribution in [2.75, 3.05) is 20.8 Å². The zero-order valence-electron chi connectivity index (χ0n) is 21.9. The highest BCUT2D eigenvalue weighted by atomic mass is 16.5. The van der Waals surface area contributed by atoms with Gasteiger partial charge in [0.05, 0.1) is 14.2 Å². The summed E-state index contributed by atoms with van der Waals surface area (Å²) in [5, 5.41) is 5.21. The summed E-state index contributed by atoms with van der Waals surface area (Å²) < 4.78 is 15.0. The first kappa shape index (κ1) is 30.0. The molecule has 0 heterocycles. The molecule has 2 aromatic carbocycles. The molecule has 1 atom stereocenters. The van der Waals surface area contributed by atoms with Gasteiger partial charge in [0, 0.05) is 25.7 Å². The maximum atomic E-state index is 12.8. The minimum absolute atomic E-state index is 0.0140. The van der Waals surface area contributed by atoms with Gasteiger partial charge in [0.25, 0.3) is 0 Å². The number of nitrogens with one attached hydrogen (secondary N) is 2. The van der Waals surface area contributed by atoms with Crippen LogP contribution in [0.3, 0.4) is 0 Å². The molecule has 2 aromatic rings. The molecule has 0 aliphatic rings. The second-order valence-corrected chi connectivity index (χ2v) is 8.64. The Hall–Kier alpha value is -4.21. The Morgan fingerprint density at radius 3 is 2.03 bits per heavy atom. The van der Waals surface area contributed by atoms with Gasteiger partial charge in [-0.3, -0.25) is 19.2 Å². The minimum atomic E-state index is -0.942. The lowest BCUT2D eigenvalue weighted by Crippen LogP contribution is -2.49. The van der Waals surface area contributed by atoms with Gasteiger partial charge in [0.15, 0.2) is 0 Å². The third-order valence-electron chi connectivity index (χ3n) is 5.59. The molecule has 0 saturated carbocycles. The van der Waals surface area contributed by atoms with Crippen LogP contribution >= 0.6 is 0 Å². The summed E-state index contributed by atoms with van der Waals surface area (Å²) in [7, 11) is 2.79. The van der Waals surface area contributed by atoms with Crippen molar-refractivity contribution < 1.29 is 38.2 Å². The van der Waals surface area contributed by atoms with Crippen LogP contribution in [-0.4, -0.2) is 56.3 Å². The van der Waals surface area contributed by atoms with Gasteiger partial charge < -0.3 is 29.6 Å².